The maximum absolute atomic E-state index is 8.67. The molecule has 0 saturated carbocycles. The quantitative estimate of drug-likeness (QED) is 0.636. The molecule has 1 atom stereocenters. The summed E-state index contributed by atoms with van der Waals surface area (Å²) in [6, 6.07) is 5.19. The maximum atomic E-state index is 8.67. The van der Waals surface area contributed by atoms with Crippen LogP contribution in [0.25, 0.3) is 0 Å². The van der Waals surface area contributed by atoms with Gasteiger partial charge in [0.1, 0.15) is 6.61 Å². The number of aliphatic hydroxyl groups excluding tert-OH is 1. The third-order valence-corrected chi connectivity index (χ3v) is 2.22. The van der Waals surface area contributed by atoms with E-state index in [-0.39, 0.29) is 19.3 Å². The number of rotatable bonds is 6. The van der Waals surface area contributed by atoms with E-state index in [0.717, 1.165) is 5.56 Å². The molecule has 0 heterocycles. The van der Waals surface area contributed by atoms with E-state index in [1.54, 1.807) is 19.2 Å². The highest BCUT2D eigenvalue weighted by atomic mass is 16.5. The number of aliphatic hydroxyl groups is 1. The lowest BCUT2D eigenvalue weighted by Gasteiger charge is -2.14. The first kappa shape index (κ1) is 12.8. The molecule has 1 rings (SSSR count). The van der Waals surface area contributed by atoms with E-state index in [9.17, 15) is 0 Å². The molecule has 0 aliphatic heterocycles. The van der Waals surface area contributed by atoms with Crippen molar-refractivity contribution in [3.8, 4) is 11.5 Å². The van der Waals surface area contributed by atoms with E-state index in [2.05, 4.69) is 0 Å². The summed E-state index contributed by atoms with van der Waals surface area (Å²) in [5.74, 6) is 1.18. The summed E-state index contributed by atoms with van der Waals surface area (Å²) in [6.45, 7) is 0.575. The summed E-state index contributed by atoms with van der Waals surface area (Å²) in [5.41, 5.74) is 12.2. The molecule has 0 fully saturated rings. The average Bonchev–Trinajstić information content (AvgIpc) is 2.35. The fourth-order valence-corrected chi connectivity index (χ4v) is 1.33. The number of hydrogen-bond donors (Lipinski definition) is 3. The summed E-state index contributed by atoms with van der Waals surface area (Å²) in [4.78, 5) is 0. The van der Waals surface area contributed by atoms with Crippen LogP contribution in [0.2, 0.25) is 0 Å². The molecular weight excluding hydrogens is 208 g/mol. The molecule has 1 aromatic carbocycles. The zero-order valence-corrected chi connectivity index (χ0v) is 9.35. The summed E-state index contributed by atoms with van der Waals surface area (Å²) >= 11 is 0. The van der Waals surface area contributed by atoms with Crippen LogP contribution in [0.15, 0.2) is 18.2 Å². The molecule has 0 spiro atoms. The summed E-state index contributed by atoms with van der Waals surface area (Å²) in [6.07, 6.45) is 0. The van der Waals surface area contributed by atoms with Gasteiger partial charge in [0.05, 0.1) is 13.7 Å². The molecular formula is C11H18N2O3. The highest BCUT2D eigenvalue weighted by Gasteiger charge is 2.09. The van der Waals surface area contributed by atoms with Gasteiger partial charge in [0.15, 0.2) is 11.5 Å². The van der Waals surface area contributed by atoms with Crippen LogP contribution in [0.1, 0.15) is 11.6 Å². The van der Waals surface area contributed by atoms with Gasteiger partial charge >= 0.3 is 0 Å². The van der Waals surface area contributed by atoms with E-state index >= 15 is 0 Å². The molecule has 16 heavy (non-hydrogen) atoms. The second-order valence-electron chi connectivity index (χ2n) is 3.32. The Kier molecular flexibility index (Phi) is 5.04. The Hall–Kier alpha value is -1.30. The highest BCUT2D eigenvalue weighted by molar-refractivity contribution is 5.43. The first-order chi connectivity index (χ1) is 7.72. The van der Waals surface area contributed by atoms with Crippen LogP contribution >= 0.6 is 0 Å². The van der Waals surface area contributed by atoms with Gasteiger partial charge in [-0.25, -0.2) is 0 Å². The standard InChI is InChI=1S/C11H18N2O3/c1-15-11-6-8(9(13)7-12)2-3-10(11)16-5-4-14/h2-3,6,9,14H,4-5,7,12-13H2,1H3/t9-/m0/s1. The van der Waals surface area contributed by atoms with Crippen molar-refractivity contribution < 1.29 is 14.6 Å². The zero-order valence-electron chi connectivity index (χ0n) is 9.35. The van der Waals surface area contributed by atoms with Gasteiger partial charge in [-0.15, -0.1) is 0 Å². The molecule has 1 aromatic rings. The number of ether oxygens (including phenoxy) is 2. The van der Waals surface area contributed by atoms with Gasteiger partial charge in [-0.05, 0) is 17.7 Å². The smallest absolute Gasteiger partial charge is 0.161 e. The van der Waals surface area contributed by atoms with E-state index in [4.69, 9.17) is 26.0 Å². The van der Waals surface area contributed by atoms with Gasteiger partial charge in [-0.3, -0.25) is 0 Å². The van der Waals surface area contributed by atoms with Crippen LogP contribution in [0.5, 0.6) is 11.5 Å². The van der Waals surface area contributed by atoms with Crippen molar-refractivity contribution in [2.45, 2.75) is 6.04 Å². The molecule has 5 heteroatoms. The first-order valence-electron chi connectivity index (χ1n) is 5.10. The molecule has 0 radical (unpaired) electrons. The second kappa shape index (κ2) is 6.32. The lowest BCUT2D eigenvalue weighted by Crippen LogP contribution is -2.20. The van der Waals surface area contributed by atoms with Crippen molar-refractivity contribution in [1.82, 2.24) is 0 Å². The van der Waals surface area contributed by atoms with Gasteiger partial charge in [0, 0.05) is 12.6 Å². The molecule has 5 nitrogen and oxygen atoms in total. The van der Waals surface area contributed by atoms with E-state index in [1.165, 1.54) is 0 Å². The largest absolute Gasteiger partial charge is 0.493 e. The van der Waals surface area contributed by atoms with Crippen molar-refractivity contribution in [3.05, 3.63) is 23.8 Å². The van der Waals surface area contributed by atoms with Gasteiger partial charge in [-0.1, -0.05) is 6.07 Å². The van der Waals surface area contributed by atoms with E-state index in [0.29, 0.717) is 18.0 Å². The SMILES string of the molecule is COc1cc([C@@H](N)CN)ccc1OCCO. The Bertz CT molecular complexity index is 331. The zero-order chi connectivity index (χ0) is 12.0. The predicted octanol–water partition coefficient (Wildman–Crippen LogP) is 0.0248. The minimum Gasteiger partial charge on any atom is -0.493 e. The van der Waals surface area contributed by atoms with Gasteiger partial charge in [0.25, 0.3) is 0 Å². The minimum absolute atomic E-state index is 0.0345. The highest BCUT2D eigenvalue weighted by Crippen LogP contribution is 2.29. The number of methoxy groups -OCH3 is 1. The molecule has 0 aliphatic carbocycles. The van der Waals surface area contributed by atoms with Crippen LogP contribution < -0.4 is 20.9 Å². The summed E-state index contributed by atoms with van der Waals surface area (Å²) in [7, 11) is 1.55. The second-order valence-corrected chi connectivity index (χ2v) is 3.32. The van der Waals surface area contributed by atoms with Crippen molar-refractivity contribution >= 4 is 0 Å². The maximum Gasteiger partial charge on any atom is 0.161 e. The van der Waals surface area contributed by atoms with Gasteiger partial charge < -0.3 is 26.0 Å². The Morgan fingerprint density at radius 2 is 2.12 bits per heavy atom. The summed E-state index contributed by atoms with van der Waals surface area (Å²) in [5, 5.41) is 8.67. The molecule has 0 saturated heterocycles. The molecule has 0 aliphatic rings. The lowest BCUT2D eigenvalue weighted by atomic mass is 10.1. The van der Waals surface area contributed by atoms with Crippen LogP contribution in [0.4, 0.5) is 0 Å². The van der Waals surface area contributed by atoms with Gasteiger partial charge in [-0.2, -0.15) is 0 Å². The monoisotopic (exact) mass is 226 g/mol. The van der Waals surface area contributed by atoms with Crippen molar-refractivity contribution in [2.24, 2.45) is 11.5 Å². The van der Waals surface area contributed by atoms with Crippen molar-refractivity contribution in [1.29, 1.82) is 0 Å². The Labute approximate surface area is 95.0 Å². The minimum atomic E-state index is -0.208. The number of nitrogens with two attached hydrogens (primary N) is 2. The Balaban J connectivity index is 2.88. The van der Waals surface area contributed by atoms with Gasteiger partial charge in [0.2, 0.25) is 0 Å². The lowest BCUT2D eigenvalue weighted by molar-refractivity contribution is 0.196. The van der Waals surface area contributed by atoms with Crippen LogP contribution in [-0.4, -0.2) is 32.0 Å². The van der Waals surface area contributed by atoms with Crippen LogP contribution in [-0.2, 0) is 0 Å². The van der Waals surface area contributed by atoms with E-state index < -0.39 is 0 Å². The third kappa shape index (κ3) is 3.10. The first-order valence-corrected chi connectivity index (χ1v) is 5.10. The van der Waals surface area contributed by atoms with Crippen LogP contribution in [0, 0.1) is 0 Å². The Morgan fingerprint density at radius 1 is 1.38 bits per heavy atom. The Morgan fingerprint density at radius 3 is 2.69 bits per heavy atom. The van der Waals surface area contributed by atoms with Crippen LogP contribution in [0.3, 0.4) is 0 Å². The topological polar surface area (TPSA) is 90.7 Å². The molecule has 5 N–H and O–H groups in total. The normalized spacial score (nSPS) is 12.2. The van der Waals surface area contributed by atoms with Crippen molar-refractivity contribution in [3.63, 3.8) is 0 Å². The number of benzene rings is 1. The molecule has 90 valence electrons. The predicted molar refractivity (Wildman–Crippen MR) is 61.6 cm³/mol. The fourth-order valence-electron chi connectivity index (χ4n) is 1.33. The fraction of sp³-hybridized carbons (Fsp3) is 0.455. The molecule has 0 bridgehead atoms. The average molecular weight is 226 g/mol. The van der Waals surface area contributed by atoms with Crippen molar-refractivity contribution in [2.75, 3.05) is 26.9 Å². The summed E-state index contributed by atoms with van der Waals surface area (Å²) < 4.78 is 10.5. The van der Waals surface area contributed by atoms with E-state index in [1.807, 2.05) is 6.07 Å². The molecule has 0 unspecified atom stereocenters. The number of hydrogen-bond acceptors (Lipinski definition) is 5. The molecule has 0 aromatic heterocycles. The third-order valence-electron chi connectivity index (χ3n) is 2.22. The molecule has 0 amide bonds.